The summed E-state index contributed by atoms with van der Waals surface area (Å²) in [5.74, 6) is -0.142. The Hall–Kier alpha value is -1.54. The van der Waals surface area contributed by atoms with Crippen molar-refractivity contribution in [2.45, 2.75) is 315 Å². The van der Waals surface area contributed by atoms with Gasteiger partial charge in [-0.15, -0.1) is 0 Å². The van der Waals surface area contributed by atoms with Gasteiger partial charge in [0.25, 0.3) is 0 Å². The summed E-state index contributed by atoms with van der Waals surface area (Å²) in [6.45, 7) is 4.82. The maximum Gasteiger partial charge on any atom is 0.472 e. The standard InChI is InChI=1S/C64H123N2O6P/c1-6-8-10-12-14-16-18-20-22-24-26-28-30-32-33-34-36-38-40-42-44-46-48-50-52-54-56-58-64(68)65-62(61-72-73(69,70)71-60-59-66(3,4)5)63(67)57-55-53-51-49-47-45-43-41-39-37-35-31-29-27-25-23-21-19-17-15-13-11-9-7-2/h8,10,14,16,20,22,26,28,62-63,67H,6-7,9,11-13,15,17-19,21,23-25,27,29-61H2,1-5H3,(H-,65,68,69,70)/p+1/b10-8-,16-14-,22-20-,28-26-. The highest BCUT2D eigenvalue weighted by Gasteiger charge is 2.28. The van der Waals surface area contributed by atoms with Crippen LogP contribution in [0, 0.1) is 0 Å². The van der Waals surface area contributed by atoms with Crippen LogP contribution in [0.5, 0.6) is 0 Å². The van der Waals surface area contributed by atoms with Crippen molar-refractivity contribution in [3.63, 3.8) is 0 Å². The molecule has 0 aliphatic heterocycles. The van der Waals surface area contributed by atoms with Gasteiger partial charge in [-0.3, -0.25) is 13.8 Å². The zero-order valence-corrected chi connectivity index (χ0v) is 50.0. The van der Waals surface area contributed by atoms with Crippen LogP contribution in [0.4, 0.5) is 0 Å². The minimum absolute atomic E-state index is 0.0748. The van der Waals surface area contributed by atoms with Crippen molar-refractivity contribution in [3.8, 4) is 0 Å². The van der Waals surface area contributed by atoms with Crippen LogP contribution in [0.25, 0.3) is 0 Å². The molecule has 3 N–H and O–H groups in total. The van der Waals surface area contributed by atoms with Gasteiger partial charge in [-0.05, 0) is 51.4 Å². The van der Waals surface area contributed by atoms with Gasteiger partial charge >= 0.3 is 7.82 Å². The van der Waals surface area contributed by atoms with Gasteiger partial charge in [0.05, 0.1) is 39.9 Å². The van der Waals surface area contributed by atoms with Crippen LogP contribution < -0.4 is 5.32 Å². The lowest BCUT2D eigenvalue weighted by molar-refractivity contribution is -0.870. The topological polar surface area (TPSA) is 105 Å². The number of allylic oxidation sites excluding steroid dienone is 8. The molecule has 0 bridgehead atoms. The fourth-order valence-electron chi connectivity index (χ4n) is 9.45. The fraction of sp³-hybridized carbons (Fsp3) is 0.859. The minimum atomic E-state index is -4.33. The minimum Gasteiger partial charge on any atom is -0.391 e. The molecule has 9 heteroatoms. The SMILES string of the molecule is CC/C=C\C/C=C\C/C=C\C/C=C\CCCCCCCCCCCCCCCCC(=O)NC(COP(=O)(O)OCC[N+](C)(C)C)C(O)CCCCCCCCCCCCCCCCCCCCCCCCCC. The summed E-state index contributed by atoms with van der Waals surface area (Å²) in [6.07, 6.45) is 73.2. The van der Waals surface area contributed by atoms with E-state index in [1.807, 2.05) is 21.1 Å². The van der Waals surface area contributed by atoms with Crippen LogP contribution in [-0.2, 0) is 18.4 Å². The summed E-state index contributed by atoms with van der Waals surface area (Å²) < 4.78 is 23.8. The number of amides is 1. The van der Waals surface area contributed by atoms with Crippen molar-refractivity contribution in [2.24, 2.45) is 0 Å². The molecule has 0 aromatic heterocycles. The molecule has 0 rings (SSSR count). The quantitative estimate of drug-likeness (QED) is 0.0243. The first-order chi connectivity index (χ1) is 35.5. The zero-order valence-electron chi connectivity index (χ0n) is 49.1. The lowest BCUT2D eigenvalue weighted by Gasteiger charge is -2.26. The van der Waals surface area contributed by atoms with Crippen LogP contribution in [0.2, 0.25) is 0 Å². The van der Waals surface area contributed by atoms with Crippen LogP contribution in [0.1, 0.15) is 303 Å². The predicted octanol–water partition coefficient (Wildman–Crippen LogP) is 19.5. The number of aliphatic hydroxyl groups excluding tert-OH is 1. The number of carbonyl (C=O) groups excluding carboxylic acids is 1. The van der Waals surface area contributed by atoms with Gasteiger partial charge in [0.1, 0.15) is 13.2 Å². The normalized spacial score (nSPS) is 14.1. The molecule has 3 unspecified atom stereocenters. The second-order valence-corrected chi connectivity index (χ2v) is 24.2. The Balaban J connectivity index is 4.10. The monoisotopic (exact) mass is 1050 g/mol. The third-order valence-electron chi connectivity index (χ3n) is 14.3. The van der Waals surface area contributed by atoms with Crippen molar-refractivity contribution in [1.29, 1.82) is 0 Å². The summed E-state index contributed by atoms with van der Waals surface area (Å²) in [4.78, 5) is 23.4. The van der Waals surface area contributed by atoms with Gasteiger partial charge in [0.2, 0.25) is 5.91 Å². The maximum absolute atomic E-state index is 13.0. The largest absolute Gasteiger partial charge is 0.472 e. The predicted molar refractivity (Wildman–Crippen MR) is 318 cm³/mol. The lowest BCUT2D eigenvalue weighted by atomic mass is 10.0. The van der Waals surface area contributed by atoms with E-state index in [2.05, 4.69) is 67.8 Å². The maximum atomic E-state index is 13.0. The van der Waals surface area contributed by atoms with E-state index in [9.17, 15) is 19.4 Å². The molecule has 0 saturated heterocycles. The van der Waals surface area contributed by atoms with Gasteiger partial charge in [-0.1, -0.05) is 294 Å². The highest BCUT2D eigenvalue weighted by Crippen LogP contribution is 2.43. The fourth-order valence-corrected chi connectivity index (χ4v) is 10.2. The third-order valence-corrected chi connectivity index (χ3v) is 15.3. The number of nitrogens with one attached hydrogen (secondary N) is 1. The molecule has 0 aliphatic carbocycles. The number of carbonyl (C=O) groups is 1. The van der Waals surface area contributed by atoms with Crippen LogP contribution in [0.15, 0.2) is 48.6 Å². The summed E-state index contributed by atoms with van der Waals surface area (Å²) in [5.41, 5.74) is 0. The van der Waals surface area contributed by atoms with Crippen LogP contribution >= 0.6 is 7.82 Å². The Morgan fingerprint density at radius 3 is 1.21 bits per heavy atom. The van der Waals surface area contributed by atoms with E-state index in [0.717, 1.165) is 64.2 Å². The molecule has 3 atom stereocenters. The Bertz CT molecular complexity index is 1330. The molecule has 0 heterocycles. The summed E-state index contributed by atoms with van der Waals surface area (Å²) in [6, 6.07) is -0.763. The highest BCUT2D eigenvalue weighted by molar-refractivity contribution is 7.47. The van der Waals surface area contributed by atoms with E-state index in [-0.39, 0.29) is 19.1 Å². The number of phosphoric ester groups is 1. The van der Waals surface area contributed by atoms with E-state index >= 15 is 0 Å². The molecular weight excluding hydrogens is 924 g/mol. The Kier molecular flexibility index (Phi) is 54.1. The first kappa shape index (κ1) is 71.5. The number of hydrogen-bond donors (Lipinski definition) is 3. The molecule has 0 aliphatic rings. The Morgan fingerprint density at radius 1 is 0.479 bits per heavy atom. The first-order valence-electron chi connectivity index (χ1n) is 31.5. The van der Waals surface area contributed by atoms with Gasteiger partial charge < -0.3 is 19.8 Å². The van der Waals surface area contributed by atoms with E-state index in [0.29, 0.717) is 23.9 Å². The number of likely N-dealkylation sites (N-methyl/N-ethyl adjacent to an activating group) is 1. The van der Waals surface area contributed by atoms with Gasteiger partial charge in [0, 0.05) is 6.42 Å². The first-order valence-corrected chi connectivity index (χ1v) is 33.0. The van der Waals surface area contributed by atoms with Crippen molar-refractivity contribution >= 4 is 13.7 Å². The number of aliphatic hydroxyl groups is 1. The molecular formula is C64H124N2O6P+. The van der Waals surface area contributed by atoms with Crippen LogP contribution in [0.3, 0.4) is 0 Å². The van der Waals surface area contributed by atoms with E-state index in [1.165, 1.54) is 212 Å². The number of nitrogens with zero attached hydrogens (tertiary/aromatic N) is 1. The third kappa shape index (κ3) is 58.0. The molecule has 0 fully saturated rings. The molecule has 0 saturated carbocycles. The summed E-state index contributed by atoms with van der Waals surface area (Å²) >= 11 is 0. The van der Waals surface area contributed by atoms with E-state index in [4.69, 9.17) is 9.05 Å². The average Bonchev–Trinajstić information content (AvgIpc) is 3.35. The molecule has 0 spiro atoms. The molecule has 0 aromatic rings. The second kappa shape index (κ2) is 55.2. The zero-order chi connectivity index (χ0) is 53.5. The number of unbranched alkanes of at least 4 members (excludes halogenated alkanes) is 37. The highest BCUT2D eigenvalue weighted by atomic mass is 31.2. The Labute approximate surface area is 454 Å². The van der Waals surface area contributed by atoms with E-state index in [1.54, 1.807) is 0 Å². The second-order valence-electron chi connectivity index (χ2n) is 22.8. The number of quaternary nitrogens is 1. The van der Waals surface area contributed by atoms with Gasteiger partial charge in [-0.25, -0.2) is 4.57 Å². The number of hydrogen-bond acceptors (Lipinski definition) is 5. The lowest BCUT2D eigenvalue weighted by Crippen LogP contribution is -2.46. The van der Waals surface area contributed by atoms with Crippen molar-refractivity contribution in [2.75, 3.05) is 40.9 Å². The molecule has 430 valence electrons. The average molecular weight is 1050 g/mol. The number of rotatable bonds is 58. The summed E-state index contributed by atoms with van der Waals surface area (Å²) in [7, 11) is 1.62. The van der Waals surface area contributed by atoms with Gasteiger partial charge in [0.15, 0.2) is 0 Å². The molecule has 8 nitrogen and oxygen atoms in total. The molecule has 1 amide bonds. The molecule has 73 heavy (non-hydrogen) atoms. The van der Waals surface area contributed by atoms with Crippen LogP contribution in [-0.4, -0.2) is 73.4 Å². The van der Waals surface area contributed by atoms with E-state index < -0.39 is 20.0 Å². The van der Waals surface area contributed by atoms with Crippen molar-refractivity contribution < 1.29 is 32.9 Å². The van der Waals surface area contributed by atoms with Crippen molar-refractivity contribution in [3.05, 3.63) is 48.6 Å². The molecule has 0 radical (unpaired) electrons. The molecule has 0 aromatic carbocycles. The summed E-state index contributed by atoms with van der Waals surface area (Å²) in [5, 5.41) is 14.1. The smallest absolute Gasteiger partial charge is 0.391 e. The Morgan fingerprint density at radius 2 is 0.822 bits per heavy atom. The van der Waals surface area contributed by atoms with Crippen molar-refractivity contribution in [1.82, 2.24) is 5.32 Å². The number of phosphoric acid groups is 1. The van der Waals surface area contributed by atoms with Gasteiger partial charge in [-0.2, -0.15) is 0 Å².